The Hall–Kier alpha value is -2.93. The summed E-state index contributed by atoms with van der Waals surface area (Å²) in [5.41, 5.74) is 8.57. The third kappa shape index (κ3) is 3.14. The number of H-pyrrole nitrogens is 1. The number of nitrogens with one attached hydrogen (secondary N) is 2. The number of carbonyl (C=O) groups excluding carboxylic acids is 1. The minimum absolute atomic E-state index is 0.277. The highest BCUT2D eigenvalue weighted by atomic mass is 16.5. The number of hydrogen-bond acceptors (Lipinski definition) is 5. The molecule has 0 saturated heterocycles. The first-order valence-electron chi connectivity index (χ1n) is 7.16. The Morgan fingerprint density at radius 2 is 2.17 bits per heavy atom. The molecule has 0 saturated carbocycles. The van der Waals surface area contributed by atoms with E-state index >= 15 is 0 Å². The maximum atomic E-state index is 12.2. The molecule has 0 radical (unpaired) electrons. The lowest BCUT2D eigenvalue weighted by atomic mass is 10.1. The van der Waals surface area contributed by atoms with E-state index in [0.29, 0.717) is 17.1 Å². The number of rotatable bonds is 5. The quantitative estimate of drug-likeness (QED) is 0.660. The van der Waals surface area contributed by atoms with E-state index in [0.717, 1.165) is 11.1 Å². The van der Waals surface area contributed by atoms with E-state index in [1.807, 2.05) is 24.3 Å². The van der Waals surface area contributed by atoms with E-state index in [1.54, 1.807) is 19.2 Å². The van der Waals surface area contributed by atoms with Crippen LogP contribution in [0.15, 0.2) is 42.7 Å². The molecule has 2 aromatic heterocycles. The van der Waals surface area contributed by atoms with Gasteiger partial charge in [0.05, 0.1) is 25.0 Å². The lowest BCUT2D eigenvalue weighted by molar-refractivity contribution is 0.0946. The fraction of sp³-hybridized carbons (Fsp3) is 0.188. The molecular formula is C16H17N5O2. The Kier molecular flexibility index (Phi) is 4.20. The Bertz CT molecular complexity index is 830. The van der Waals surface area contributed by atoms with Gasteiger partial charge in [-0.15, -0.1) is 0 Å². The monoisotopic (exact) mass is 311 g/mol. The minimum Gasteiger partial charge on any atom is -0.496 e. The number of para-hydroxylation sites is 1. The van der Waals surface area contributed by atoms with Gasteiger partial charge in [0.15, 0.2) is 5.65 Å². The number of ether oxygens (including phenoxy) is 1. The fourth-order valence-electron chi connectivity index (χ4n) is 2.32. The molecule has 0 aliphatic carbocycles. The molecule has 0 fully saturated rings. The molecule has 0 bridgehead atoms. The molecule has 3 aromatic rings. The summed E-state index contributed by atoms with van der Waals surface area (Å²) in [6.45, 7) is 0.277. The highest BCUT2D eigenvalue weighted by molar-refractivity contribution is 5.94. The summed E-state index contributed by atoms with van der Waals surface area (Å²) in [6.07, 6.45) is 1.54. The molecule has 7 nitrogen and oxygen atoms in total. The number of hydrogen-bond donors (Lipinski definition) is 3. The topological polar surface area (TPSA) is 106 Å². The number of nitrogens with two attached hydrogens (primary N) is 1. The molecule has 0 spiro atoms. The molecule has 1 atom stereocenters. The van der Waals surface area contributed by atoms with Crippen LogP contribution in [0.5, 0.6) is 5.75 Å². The van der Waals surface area contributed by atoms with Crippen LogP contribution in [0, 0.1) is 0 Å². The molecule has 23 heavy (non-hydrogen) atoms. The van der Waals surface area contributed by atoms with Crippen LogP contribution in [0.1, 0.15) is 22.1 Å². The van der Waals surface area contributed by atoms with Crippen molar-refractivity contribution in [3.63, 3.8) is 0 Å². The van der Waals surface area contributed by atoms with Crippen LogP contribution in [0.2, 0.25) is 0 Å². The number of imidazole rings is 1. The summed E-state index contributed by atoms with van der Waals surface area (Å²) in [5.74, 6) is 0.408. The maximum absolute atomic E-state index is 12.2. The SMILES string of the molecule is COc1ccccc1C(N)CNC(=O)c1ccc2[nH]cnc2n1. The summed E-state index contributed by atoms with van der Waals surface area (Å²) < 4.78 is 5.28. The van der Waals surface area contributed by atoms with Gasteiger partial charge in [0, 0.05) is 12.1 Å². The number of methoxy groups -OCH3 is 1. The Morgan fingerprint density at radius 1 is 1.35 bits per heavy atom. The van der Waals surface area contributed by atoms with Crippen LogP contribution in [-0.4, -0.2) is 34.5 Å². The zero-order valence-corrected chi connectivity index (χ0v) is 12.6. The zero-order chi connectivity index (χ0) is 16.2. The average molecular weight is 311 g/mol. The second kappa shape index (κ2) is 6.45. The minimum atomic E-state index is -0.371. The average Bonchev–Trinajstić information content (AvgIpc) is 3.06. The van der Waals surface area contributed by atoms with Gasteiger partial charge in [0.2, 0.25) is 0 Å². The number of pyridine rings is 1. The predicted octanol–water partition coefficient (Wildman–Crippen LogP) is 1.40. The van der Waals surface area contributed by atoms with Gasteiger partial charge in [-0.3, -0.25) is 4.79 Å². The third-order valence-electron chi connectivity index (χ3n) is 3.54. The van der Waals surface area contributed by atoms with Crippen molar-refractivity contribution in [2.75, 3.05) is 13.7 Å². The van der Waals surface area contributed by atoms with E-state index < -0.39 is 0 Å². The predicted molar refractivity (Wildman–Crippen MR) is 86.1 cm³/mol. The Labute approximate surface area is 132 Å². The van der Waals surface area contributed by atoms with Gasteiger partial charge in [0.1, 0.15) is 11.4 Å². The molecule has 1 aromatic carbocycles. The lowest BCUT2D eigenvalue weighted by Gasteiger charge is -2.16. The number of aromatic nitrogens is 3. The molecule has 4 N–H and O–H groups in total. The van der Waals surface area contributed by atoms with Crippen molar-refractivity contribution < 1.29 is 9.53 Å². The normalized spacial score (nSPS) is 12.1. The van der Waals surface area contributed by atoms with Crippen LogP contribution in [0.25, 0.3) is 11.2 Å². The van der Waals surface area contributed by atoms with Crippen LogP contribution in [0.4, 0.5) is 0 Å². The first-order chi connectivity index (χ1) is 11.2. The van der Waals surface area contributed by atoms with Crippen molar-refractivity contribution in [1.29, 1.82) is 0 Å². The summed E-state index contributed by atoms with van der Waals surface area (Å²) in [5, 5.41) is 2.79. The van der Waals surface area contributed by atoms with Gasteiger partial charge in [0.25, 0.3) is 5.91 Å². The molecule has 1 amide bonds. The zero-order valence-electron chi connectivity index (χ0n) is 12.6. The van der Waals surface area contributed by atoms with Crippen molar-refractivity contribution in [1.82, 2.24) is 20.3 Å². The van der Waals surface area contributed by atoms with Crippen LogP contribution in [0.3, 0.4) is 0 Å². The second-order valence-corrected chi connectivity index (χ2v) is 5.03. The smallest absolute Gasteiger partial charge is 0.270 e. The van der Waals surface area contributed by atoms with Crippen molar-refractivity contribution in [2.45, 2.75) is 6.04 Å². The number of fused-ring (bicyclic) bond motifs is 1. The van der Waals surface area contributed by atoms with Gasteiger partial charge in [-0.05, 0) is 18.2 Å². The van der Waals surface area contributed by atoms with Crippen molar-refractivity contribution in [3.05, 3.63) is 54.0 Å². The Balaban J connectivity index is 1.68. The summed E-state index contributed by atoms with van der Waals surface area (Å²) in [6, 6.07) is 10.5. The number of amides is 1. The number of aromatic amines is 1. The highest BCUT2D eigenvalue weighted by Crippen LogP contribution is 2.22. The molecule has 2 heterocycles. The molecule has 118 valence electrons. The van der Waals surface area contributed by atoms with Crippen LogP contribution >= 0.6 is 0 Å². The molecule has 1 unspecified atom stereocenters. The largest absolute Gasteiger partial charge is 0.496 e. The molecule has 7 heteroatoms. The highest BCUT2D eigenvalue weighted by Gasteiger charge is 2.14. The van der Waals surface area contributed by atoms with Gasteiger partial charge < -0.3 is 20.8 Å². The standard InChI is InChI=1S/C16H17N5O2/c1-23-14-5-3-2-4-10(14)11(17)8-18-16(22)13-7-6-12-15(21-13)20-9-19-12/h2-7,9,11H,8,17H2,1H3,(H,18,22)(H,19,20,21). The molecular weight excluding hydrogens is 294 g/mol. The van der Waals surface area contributed by atoms with Crippen LogP contribution < -0.4 is 15.8 Å². The first-order valence-corrected chi connectivity index (χ1v) is 7.16. The van der Waals surface area contributed by atoms with Crippen LogP contribution in [-0.2, 0) is 0 Å². The van der Waals surface area contributed by atoms with E-state index in [-0.39, 0.29) is 18.5 Å². The Morgan fingerprint density at radius 3 is 3.00 bits per heavy atom. The number of benzene rings is 1. The van der Waals surface area contributed by atoms with Gasteiger partial charge in [-0.2, -0.15) is 0 Å². The molecule has 0 aliphatic rings. The lowest BCUT2D eigenvalue weighted by Crippen LogP contribution is -2.32. The summed E-state index contributed by atoms with van der Waals surface area (Å²) in [7, 11) is 1.59. The fourth-order valence-corrected chi connectivity index (χ4v) is 2.32. The van der Waals surface area contributed by atoms with Gasteiger partial charge in [-0.1, -0.05) is 18.2 Å². The number of carbonyl (C=O) groups is 1. The van der Waals surface area contributed by atoms with Gasteiger partial charge in [-0.25, -0.2) is 9.97 Å². The van der Waals surface area contributed by atoms with Crippen molar-refractivity contribution >= 4 is 17.1 Å². The van der Waals surface area contributed by atoms with E-state index in [2.05, 4.69) is 20.3 Å². The van der Waals surface area contributed by atoms with Gasteiger partial charge >= 0.3 is 0 Å². The molecule has 3 rings (SSSR count). The molecule has 0 aliphatic heterocycles. The van der Waals surface area contributed by atoms with E-state index in [1.165, 1.54) is 6.33 Å². The van der Waals surface area contributed by atoms with Crippen molar-refractivity contribution in [3.8, 4) is 5.75 Å². The van der Waals surface area contributed by atoms with E-state index in [9.17, 15) is 4.79 Å². The summed E-state index contributed by atoms with van der Waals surface area (Å²) >= 11 is 0. The van der Waals surface area contributed by atoms with E-state index in [4.69, 9.17) is 10.5 Å². The first kappa shape index (κ1) is 15.0. The second-order valence-electron chi connectivity index (χ2n) is 5.03. The third-order valence-corrected chi connectivity index (χ3v) is 3.54. The summed E-state index contributed by atoms with van der Waals surface area (Å²) in [4.78, 5) is 23.4. The number of nitrogens with zero attached hydrogens (tertiary/aromatic N) is 2. The maximum Gasteiger partial charge on any atom is 0.270 e. The van der Waals surface area contributed by atoms with Crippen molar-refractivity contribution in [2.24, 2.45) is 5.73 Å².